The van der Waals surface area contributed by atoms with Gasteiger partial charge in [-0.3, -0.25) is 10.1 Å². The second-order valence-corrected chi connectivity index (χ2v) is 6.80. The monoisotopic (exact) mass is 288 g/mol. The second-order valence-electron chi connectivity index (χ2n) is 6.80. The van der Waals surface area contributed by atoms with Gasteiger partial charge in [-0.2, -0.15) is 0 Å². The number of benzene rings is 1. The van der Waals surface area contributed by atoms with Crippen LogP contribution in [-0.4, -0.2) is 16.5 Å². The van der Waals surface area contributed by atoms with Crippen LogP contribution in [0.15, 0.2) is 24.4 Å². The minimum Gasteiger partial charge on any atom is -0.364 e. The molecule has 1 aromatic rings. The van der Waals surface area contributed by atoms with Crippen LogP contribution in [0.25, 0.3) is 6.08 Å². The first kappa shape index (κ1) is 15.5. The van der Waals surface area contributed by atoms with Crippen molar-refractivity contribution in [3.05, 3.63) is 45.6 Å². The molecule has 0 saturated heterocycles. The molecule has 0 saturated carbocycles. The molecule has 0 fully saturated rings. The van der Waals surface area contributed by atoms with Gasteiger partial charge < -0.3 is 4.90 Å². The quantitative estimate of drug-likeness (QED) is 0.610. The molecule has 0 N–H and O–H groups in total. The second kappa shape index (κ2) is 5.51. The fourth-order valence-electron chi connectivity index (χ4n) is 3.70. The summed E-state index contributed by atoms with van der Waals surface area (Å²) in [4.78, 5) is 12.5. The van der Waals surface area contributed by atoms with Crippen molar-refractivity contribution in [3.8, 4) is 0 Å². The molecule has 0 amide bonds. The maximum Gasteiger partial charge on any atom is 0.235 e. The van der Waals surface area contributed by atoms with Gasteiger partial charge in [0.05, 0.1) is 4.92 Å². The van der Waals surface area contributed by atoms with Gasteiger partial charge in [0.15, 0.2) is 0 Å². The number of nitro groups is 1. The lowest BCUT2D eigenvalue weighted by Gasteiger charge is -2.50. The third kappa shape index (κ3) is 3.09. The lowest BCUT2D eigenvalue weighted by Crippen LogP contribution is -2.51. The van der Waals surface area contributed by atoms with E-state index in [1.54, 1.807) is 6.08 Å². The lowest BCUT2D eigenvalue weighted by atomic mass is 9.79. The van der Waals surface area contributed by atoms with E-state index in [1.165, 1.54) is 11.3 Å². The molecule has 1 aliphatic heterocycles. The summed E-state index contributed by atoms with van der Waals surface area (Å²) in [5, 5.41) is 10.5. The van der Waals surface area contributed by atoms with Crippen LogP contribution in [-0.2, 0) is 0 Å². The fraction of sp³-hybridized carbons (Fsp3) is 0.529. The molecule has 0 bridgehead atoms. The fourth-order valence-corrected chi connectivity index (χ4v) is 3.70. The van der Waals surface area contributed by atoms with Crippen molar-refractivity contribution < 1.29 is 4.92 Å². The molecule has 4 nitrogen and oxygen atoms in total. The first-order valence-corrected chi connectivity index (χ1v) is 7.47. The summed E-state index contributed by atoms with van der Waals surface area (Å²) in [6.45, 7) is 11.2. The molecular weight excluding hydrogens is 264 g/mol. The molecule has 2 rings (SSSR count). The Morgan fingerprint density at radius 3 is 2.67 bits per heavy atom. The number of hydrogen-bond acceptors (Lipinski definition) is 3. The van der Waals surface area contributed by atoms with E-state index in [-0.39, 0.29) is 5.54 Å². The zero-order valence-corrected chi connectivity index (χ0v) is 13.5. The van der Waals surface area contributed by atoms with E-state index in [9.17, 15) is 10.1 Å². The van der Waals surface area contributed by atoms with Gasteiger partial charge in [0, 0.05) is 23.3 Å². The van der Waals surface area contributed by atoms with Gasteiger partial charge in [0.2, 0.25) is 6.20 Å². The molecule has 0 aliphatic carbocycles. The van der Waals surface area contributed by atoms with Crippen LogP contribution in [0.2, 0.25) is 0 Å². The predicted molar refractivity (Wildman–Crippen MR) is 87.2 cm³/mol. The molecule has 1 aromatic carbocycles. The standard InChI is InChI=1S/C17H24N2O2/c1-12(2)19-16-7-6-14(8-9-18(20)21)10-15(16)13(3)11-17(19,4)5/h6-10,12-13H,11H2,1-5H3/b9-8-/t13-/m1/s1. The minimum absolute atomic E-state index is 0.124. The molecule has 1 heterocycles. The topological polar surface area (TPSA) is 46.4 Å². The molecule has 0 unspecified atom stereocenters. The van der Waals surface area contributed by atoms with E-state index in [0.29, 0.717) is 12.0 Å². The molecule has 1 aliphatic rings. The normalized spacial score (nSPS) is 20.9. The summed E-state index contributed by atoms with van der Waals surface area (Å²) in [5.74, 6) is 0.453. The first-order valence-electron chi connectivity index (χ1n) is 7.47. The number of rotatable bonds is 3. The van der Waals surface area contributed by atoms with Gasteiger partial charge >= 0.3 is 0 Å². The van der Waals surface area contributed by atoms with E-state index >= 15 is 0 Å². The third-order valence-corrected chi connectivity index (χ3v) is 4.21. The van der Waals surface area contributed by atoms with Gasteiger partial charge in [-0.15, -0.1) is 0 Å². The summed E-state index contributed by atoms with van der Waals surface area (Å²) < 4.78 is 0. The minimum atomic E-state index is -0.424. The van der Waals surface area contributed by atoms with Crippen molar-refractivity contribution in [3.63, 3.8) is 0 Å². The average Bonchev–Trinajstić information content (AvgIpc) is 2.35. The Labute approximate surface area is 126 Å². The average molecular weight is 288 g/mol. The number of nitrogens with zero attached hydrogens (tertiary/aromatic N) is 2. The Hall–Kier alpha value is -1.84. The number of hydrogen-bond donors (Lipinski definition) is 0. The van der Waals surface area contributed by atoms with Crippen molar-refractivity contribution in [2.45, 2.75) is 58.5 Å². The highest BCUT2D eigenvalue weighted by Gasteiger charge is 2.37. The van der Waals surface area contributed by atoms with Crippen LogP contribution in [0.5, 0.6) is 0 Å². The highest BCUT2D eigenvalue weighted by molar-refractivity contribution is 5.64. The molecule has 114 valence electrons. The Bertz CT molecular complexity index is 576. The van der Waals surface area contributed by atoms with Gasteiger partial charge in [-0.25, -0.2) is 0 Å². The van der Waals surface area contributed by atoms with Crippen molar-refractivity contribution in [1.82, 2.24) is 0 Å². The maximum absolute atomic E-state index is 10.5. The first-order chi connectivity index (χ1) is 9.72. The Balaban J connectivity index is 2.48. The highest BCUT2D eigenvalue weighted by atomic mass is 16.6. The van der Waals surface area contributed by atoms with Crippen LogP contribution < -0.4 is 4.90 Å². The van der Waals surface area contributed by atoms with Gasteiger partial charge in [0.1, 0.15) is 0 Å². The molecule has 0 aromatic heterocycles. The highest BCUT2D eigenvalue weighted by Crippen LogP contribution is 2.44. The predicted octanol–water partition coefficient (Wildman–Crippen LogP) is 4.43. The Morgan fingerprint density at radius 2 is 2.10 bits per heavy atom. The van der Waals surface area contributed by atoms with Crippen molar-refractivity contribution in [2.75, 3.05) is 4.90 Å². The molecule has 4 heteroatoms. The van der Waals surface area contributed by atoms with Crippen molar-refractivity contribution in [2.24, 2.45) is 0 Å². The lowest BCUT2D eigenvalue weighted by molar-refractivity contribution is -0.400. The van der Waals surface area contributed by atoms with Crippen LogP contribution in [0.1, 0.15) is 58.1 Å². The number of fused-ring (bicyclic) bond motifs is 1. The summed E-state index contributed by atoms with van der Waals surface area (Å²) in [6, 6.07) is 6.57. The zero-order chi connectivity index (χ0) is 15.8. The third-order valence-electron chi connectivity index (χ3n) is 4.21. The largest absolute Gasteiger partial charge is 0.364 e. The van der Waals surface area contributed by atoms with E-state index in [0.717, 1.165) is 18.2 Å². The summed E-state index contributed by atoms with van der Waals surface area (Å²) in [7, 11) is 0. The van der Waals surface area contributed by atoms with E-state index in [2.05, 4.69) is 51.7 Å². The molecular formula is C17H24N2O2. The SMILES string of the molecule is CC(C)N1c2ccc(/C=C\[N+](=O)[O-])cc2[C@H](C)CC1(C)C. The van der Waals surface area contributed by atoms with Gasteiger partial charge in [-0.05, 0) is 63.3 Å². The van der Waals surface area contributed by atoms with Crippen molar-refractivity contribution >= 4 is 11.8 Å². The molecule has 1 atom stereocenters. The van der Waals surface area contributed by atoms with Gasteiger partial charge in [-0.1, -0.05) is 13.0 Å². The molecule has 0 spiro atoms. The number of anilines is 1. The summed E-state index contributed by atoms with van der Waals surface area (Å²) in [6.07, 6.45) is 3.65. The van der Waals surface area contributed by atoms with Crippen molar-refractivity contribution in [1.29, 1.82) is 0 Å². The van der Waals surface area contributed by atoms with E-state index in [1.807, 2.05) is 6.07 Å². The van der Waals surface area contributed by atoms with Gasteiger partial charge in [0.25, 0.3) is 0 Å². The Kier molecular flexibility index (Phi) is 4.08. The van der Waals surface area contributed by atoms with Crippen LogP contribution >= 0.6 is 0 Å². The van der Waals surface area contributed by atoms with Crippen LogP contribution in [0.3, 0.4) is 0 Å². The summed E-state index contributed by atoms with van der Waals surface area (Å²) in [5.41, 5.74) is 3.56. The Morgan fingerprint density at radius 1 is 1.43 bits per heavy atom. The summed E-state index contributed by atoms with van der Waals surface area (Å²) >= 11 is 0. The smallest absolute Gasteiger partial charge is 0.235 e. The molecule has 21 heavy (non-hydrogen) atoms. The zero-order valence-electron chi connectivity index (χ0n) is 13.5. The van der Waals surface area contributed by atoms with Crippen LogP contribution in [0.4, 0.5) is 5.69 Å². The van der Waals surface area contributed by atoms with Crippen LogP contribution in [0, 0.1) is 10.1 Å². The van der Waals surface area contributed by atoms with E-state index in [4.69, 9.17) is 0 Å². The molecule has 0 radical (unpaired) electrons. The maximum atomic E-state index is 10.5. The van der Waals surface area contributed by atoms with E-state index < -0.39 is 4.92 Å².